The molecule has 3 N–H and O–H groups in total. The van der Waals surface area contributed by atoms with E-state index in [0.717, 1.165) is 6.07 Å². The topological polar surface area (TPSA) is 90.9 Å². The van der Waals surface area contributed by atoms with Crippen molar-refractivity contribution in [1.82, 2.24) is 0 Å². The Balaban J connectivity index is 2.32. The average Bonchev–Trinajstić information content (AvgIpc) is 2.26. The van der Waals surface area contributed by atoms with Crippen LogP contribution in [0.25, 0.3) is 12.2 Å². The third-order valence-electron chi connectivity index (χ3n) is 2.22. The van der Waals surface area contributed by atoms with Gasteiger partial charge in [0.2, 0.25) is 0 Å². The highest BCUT2D eigenvalue weighted by Gasteiger charge is 2.00. The van der Waals surface area contributed by atoms with Crippen LogP contribution in [0.15, 0.2) is 39.5 Å². The maximum absolute atomic E-state index is 11.0. The van der Waals surface area contributed by atoms with Gasteiger partial charge < -0.3 is 19.7 Å². The first-order chi connectivity index (χ1) is 8.54. The fourth-order valence-electron chi connectivity index (χ4n) is 1.41. The number of hydrogen-bond donors (Lipinski definition) is 3. The van der Waals surface area contributed by atoms with Crippen molar-refractivity contribution in [2.45, 2.75) is 0 Å². The van der Waals surface area contributed by atoms with Crippen molar-refractivity contribution in [2.75, 3.05) is 0 Å². The molecule has 0 atom stereocenters. The Morgan fingerprint density at radius 1 is 0.944 bits per heavy atom. The molecule has 0 aliphatic carbocycles. The molecule has 0 fully saturated rings. The van der Waals surface area contributed by atoms with Gasteiger partial charge in [0, 0.05) is 17.7 Å². The van der Waals surface area contributed by atoms with Crippen molar-refractivity contribution in [1.29, 1.82) is 0 Å². The van der Waals surface area contributed by atoms with Crippen molar-refractivity contribution in [3.63, 3.8) is 0 Å². The molecule has 1 heterocycles. The summed E-state index contributed by atoms with van der Waals surface area (Å²) in [6, 6.07) is 6.34. The standard InChI is InChI=1S/C13H10O5/c14-9-3-1-8(12(16)6-9)2-4-11-5-10(15)7-13(17)18-11/h1-7,14-16H. The molecule has 18 heavy (non-hydrogen) atoms. The van der Waals surface area contributed by atoms with E-state index >= 15 is 0 Å². The fraction of sp³-hybridized carbons (Fsp3) is 0. The molecule has 1 aromatic carbocycles. The monoisotopic (exact) mass is 246 g/mol. The highest BCUT2D eigenvalue weighted by atomic mass is 16.4. The SMILES string of the molecule is O=c1cc(O)cc(C=Cc2ccc(O)cc2O)o1. The predicted molar refractivity (Wildman–Crippen MR) is 65.3 cm³/mol. The summed E-state index contributed by atoms with van der Waals surface area (Å²) in [6.07, 6.45) is 2.92. The number of aromatic hydroxyl groups is 3. The molecule has 0 radical (unpaired) electrons. The van der Waals surface area contributed by atoms with E-state index in [1.807, 2.05) is 0 Å². The third-order valence-corrected chi connectivity index (χ3v) is 2.22. The number of rotatable bonds is 2. The van der Waals surface area contributed by atoms with Crippen LogP contribution in [0.3, 0.4) is 0 Å². The van der Waals surface area contributed by atoms with E-state index in [-0.39, 0.29) is 23.0 Å². The van der Waals surface area contributed by atoms with Crippen LogP contribution in [-0.4, -0.2) is 15.3 Å². The average molecular weight is 246 g/mol. The zero-order valence-corrected chi connectivity index (χ0v) is 9.20. The number of phenols is 2. The van der Waals surface area contributed by atoms with Gasteiger partial charge in [-0.05, 0) is 24.3 Å². The Morgan fingerprint density at radius 3 is 2.39 bits per heavy atom. The lowest BCUT2D eigenvalue weighted by molar-refractivity contribution is 0.444. The summed E-state index contributed by atoms with van der Waals surface area (Å²) in [5.74, 6) is -0.185. The second-order valence-corrected chi connectivity index (χ2v) is 3.61. The van der Waals surface area contributed by atoms with Gasteiger partial charge in [0.15, 0.2) is 0 Å². The quantitative estimate of drug-likeness (QED) is 0.753. The molecular formula is C13H10O5. The summed E-state index contributed by atoms with van der Waals surface area (Å²) in [5, 5.41) is 27.8. The van der Waals surface area contributed by atoms with E-state index in [0.29, 0.717) is 5.56 Å². The lowest BCUT2D eigenvalue weighted by Gasteiger charge is -1.99. The van der Waals surface area contributed by atoms with Gasteiger partial charge in [-0.25, -0.2) is 4.79 Å². The number of hydrogen-bond acceptors (Lipinski definition) is 5. The summed E-state index contributed by atoms with van der Waals surface area (Å²) in [6.45, 7) is 0. The molecule has 2 aromatic rings. The summed E-state index contributed by atoms with van der Waals surface area (Å²) < 4.78 is 4.81. The van der Waals surface area contributed by atoms with Gasteiger partial charge in [-0.1, -0.05) is 0 Å². The van der Waals surface area contributed by atoms with Crippen molar-refractivity contribution in [3.05, 3.63) is 52.1 Å². The zero-order chi connectivity index (χ0) is 13.1. The summed E-state index contributed by atoms with van der Waals surface area (Å²) in [7, 11) is 0. The molecule has 92 valence electrons. The third kappa shape index (κ3) is 2.70. The minimum absolute atomic E-state index is 0.0477. The first-order valence-corrected chi connectivity index (χ1v) is 5.09. The van der Waals surface area contributed by atoms with Crippen LogP contribution in [0, 0.1) is 0 Å². The maximum atomic E-state index is 11.0. The first-order valence-electron chi connectivity index (χ1n) is 5.09. The minimum Gasteiger partial charge on any atom is -0.508 e. The summed E-state index contributed by atoms with van der Waals surface area (Å²) in [4.78, 5) is 11.0. The lowest BCUT2D eigenvalue weighted by Crippen LogP contribution is -1.95. The van der Waals surface area contributed by atoms with Crippen LogP contribution in [-0.2, 0) is 0 Å². The molecule has 0 amide bonds. The Hall–Kier alpha value is -2.69. The number of benzene rings is 1. The van der Waals surface area contributed by atoms with Crippen molar-refractivity contribution < 1.29 is 19.7 Å². The highest BCUT2D eigenvalue weighted by Crippen LogP contribution is 2.24. The van der Waals surface area contributed by atoms with Crippen LogP contribution in [0.2, 0.25) is 0 Å². The smallest absolute Gasteiger partial charge is 0.339 e. The van der Waals surface area contributed by atoms with Crippen LogP contribution in [0.1, 0.15) is 11.3 Å². The Bertz CT molecular complexity index is 655. The maximum Gasteiger partial charge on any atom is 0.339 e. The molecule has 0 spiro atoms. The molecule has 0 aliphatic rings. The zero-order valence-electron chi connectivity index (χ0n) is 9.20. The molecule has 0 bridgehead atoms. The molecule has 2 rings (SSSR count). The molecule has 5 nitrogen and oxygen atoms in total. The molecule has 5 heteroatoms. The molecule has 0 unspecified atom stereocenters. The minimum atomic E-state index is -0.662. The van der Waals surface area contributed by atoms with Gasteiger partial charge in [-0.15, -0.1) is 0 Å². The van der Waals surface area contributed by atoms with Gasteiger partial charge in [0.05, 0.1) is 6.07 Å². The Morgan fingerprint density at radius 2 is 1.72 bits per heavy atom. The lowest BCUT2D eigenvalue weighted by atomic mass is 10.1. The second-order valence-electron chi connectivity index (χ2n) is 3.61. The fourth-order valence-corrected chi connectivity index (χ4v) is 1.41. The van der Waals surface area contributed by atoms with Crippen molar-refractivity contribution in [3.8, 4) is 17.2 Å². The van der Waals surface area contributed by atoms with E-state index in [4.69, 9.17) is 9.52 Å². The van der Waals surface area contributed by atoms with E-state index in [9.17, 15) is 15.0 Å². The van der Waals surface area contributed by atoms with Crippen molar-refractivity contribution >= 4 is 12.2 Å². The Kier molecular flexibility index (Phi) is 3.05. The van der Waals surface area contributed by atoms with Gasteiger partial charge in [0.1, 0.15) is 23.0 Å². The van der Waals surface area contributed by atoms with E-state index < -0.39 is 5.63 Å². The van der Waals surface area contributed by atoms with Crippen LogP contribution in [0.5, 0.6) is 17.2 Å². The van der Waals surface area contributed by atoms with Gasteiger partial charge in [0.25, 0.3) is 0 Å². The largest absolute Gasteiger partial charge is 0.508 e. The molecule has 0 saturated carbocycles. The van der Waals surface area contributed by atoms with Crippen LogP contribution in [0.4, 0.5) is 0 Å². The molecule has 1 aromatic heterocycles. The highest BCUT2D eigenvalue weighted by molar-refractivity contribution is 5.71. The second kappa shape index (κ2) is 4.67. The van der Waals surface area contributed by atoms with Crippen LogP contribution < -0.4 is 5.63 Å². The first kappa shape index (κ1) is 11.8. The molecular weight excluding hydrogens is 236 g/mol. The van der Waals surface area contributed by atoms with E-state index in [2.05, 4.69) is 0 Å². The van der Waals surface area contributed by atoms with Gasteiger partial charge >= 0.3 is 5.63 Å². The normalized spacial score (nSPS) is 10.9. The molecule has 0 aliphatic heterocycles. The van der Waals surface area contributed by atoms with E-state index in [1.54, 1.807) is 0 Å². The molecule has 0 saturated heterocycles. The summed E-state index contributed by atoms with van der Waals surface area (Å²) in [5.41, 5.74) is -0.219. The Labute approximate surface area is 102 Å². The van der Waals surface area contributed by atoms with Gasteiger partial charge in [-0.2, -0.15) is 0 Å². The van der Waals surface area contributed by atoms with Crippen molar-refractivity contribution in [2.24, 2.45) is 0 Å². The number of phenolic OH excluding ortho intramolecular Hbond substituents is 2. The van der Waals surface area contributed by atoms with Crippen LogP contribution >= 0.6 is 0 Å². The predicted octanol–water partition coefficient (Wildman–Crippen LogP) is 1.93. The summed E-state index contributed by atoms with van der Waals surface area (Å²) >= 11 is 0. The van der Waals surface area contributed by atoms with E-state index in [1.165, 1.54) is 36.4 Å². The van der Waals surface area contributed by atoms with Gasteiger partial charge in [-0.3, -0.25) is 0 Å².